The van der Waals surface area contributed by atoms with Gasteiger partial charge in [-0.05, 0) is 24.6 Å². The molecule has 106 valence electrons. The first-order valence-corrected chi connectivity index (χ1v) is 6.86. The summed E-state index contributed by atoms with van der Waals surface area (Å²) in [6.07, 6.45) is 5.29. The minimum absolute atomic E-state index is 0.0334. The van der Waals surface area contributed by atoms with Crippen molar-refractivity contribution in [3.05, 3.63) is 42.7 Å². The van der Waals surface area contributed by atoms with Crippen LogP contribution in [0.5, 0.6) is 0 Å². The van der Waals surface area contributed by atoms with E-state index >= 15 is 0 Å². The quantitative estimate of drug-likeness (QED) is 0.846. The number of nitrogens with two attached hydrogens (primary N) is 1. The minimum atomic E-state index is -0.148. The molecule has 0 bridgehead atoms. The van der Waals surface area contributed by atoms with Crippen molar-refractivity contribution in [1.29, 1.82) is 0 Å². The van der Waals surface area contributed by atoms with Gasteiger partial charge in [-0.2, -0.15) is 5.10 Å². The first-order chi connectivity index (χ1) is 9.76. The average Bonchev–Trinajstić information content (AvgIpc) is 2.99. The van der Waals surface area contributed by atoms with E-state index in [1.807, 2.05) is 43.5 Å². The average molecular weight is 272 g/mol. The second-order valence-corrected chi connectivity index (χ2v) is 4.68. The van der Waals surface area contributed by atoms with Crippen molar-refractivity contribution in [3.63, 3.8) is 0 Å². The van der Waals surface area contributed by atoms with E-state index in [1.165, 1.54) is 0 Å². The van der Waals surface area contributed by atoms with Gasteiger partial charge in [-0.15, -0.1) is 0 Å². The molecule has 0 saturated carbocycles. The van der Waals surface area contributed by atoms with Gasteiger partial charge in [-0.1, -0.05) is 25.5 Å². The number of nitrogens with one attached hydrogen (secondary N) is 1. The molecule has 0 aliphatic rings. The second kappa shape index (κ2) is 6.86. The highest BCUT2D eigenvalue weighted by molar-refractivity contribution is 5.94. The third kappa shape index (κ3) is 3.24. The number of carbonyl (C=O) groups excluding carboxylic acids is 1. The highest BCUT2D eigenvalue weighted by Gasteiger charge is 2.17. The van der Waals surface area contributed by atoms with E-state index in [-0.39, 0.29) is 11.8 Å². The highest BCUT2D eigenvalue weighted by atomic mass is 16.1. The second-order valence-electron chi connectivity index (χ2n) is 4.68. The van der Waals surface area contributed by atoms with Crippen molar-refractivity contribution >= 4 is 11.6 Å². The van der Waals surface area contributed by atoms with Crippen LogP contribution in [0, 0.1) is 5.92 Å². The number of anilines is 1. The third-order valence-electron chi connectivity index (χ3n) is 3.21. The first kappa shape index (κ1) is 14.3. The zero-order valence-electron chi connectivity index (χ0n) is 11.6. The Hall–Kier alpha value is -2.14. The maximum Gasteiger partial charge on any atom is 0.228 e. The summed E-state index contributed by atoms with van der Waals surface area (Å²) < 4.78 is 1.73. The van der Waals surface area contributed by atoms with Gasteiger partial charge in [0.05, 0.1) is 17.3 Å². The maximum atomic E-state index is 12.2. The number of nitrogens with zero attached hydrogens (tertiary/aromatic N) is 2. The molecule has 1 amide bonds. The topological polar surface area (TPSA) is 72.9 Å². The minimum Gasteiger partial charge on any atom is -0.330 e. The van der Waals surface area contributed by atoms with Gasteiger partial charge < -0.3 is 11.1 Å². The molecule has 0 saturated heterocycles. The highest BCUT2D eigenvalue weighted by Crippen LogP contribution is 2.20. The summed E-state index contributed by atoms with van der Waals surface area (Å²) in [5.74, 6) is -0.181. The fourth-order valence-electron chi connectivity index (χ4n) is 2.13. The molecule has 0 radical (unpaired) electrons. The monoisotopic (exact) mass is 272 g/mol. The molecule has 2 rings (SSSR count). The Labute approximate surface area is 118 Å². The van der Waals surface area contributed by atoms with Gasteiger partial charge in [0.1, 0.15) is 0 Å². The third-order valence-corrected chi connectivity index (χ3v) is 3.21. The molecule has 0 aliphatic heterocycles. The maximum absolute atomic E-state index is 12.2. The predicted octanol–water partition coefficient (Wildman–Crippen LogP) is 2.19. The van der Waals surface area contributed by atoms with Crippen LogP contribution >= 0.6 is 0 Å². The molecule has 1 aromatic carbocycles. The number of aromatic nitrogens is 2. The summed E-state index contributed by atoms with van der Waals surface area (Å²) in [6.45, 7) is 2.41. The number of carbonyl (C=O) groups is 1. The largest absolute Gasteiger partial charge is 0.330 e. The fraction of sp³-hybridized carbons (Fsp3) is 0.333. The van der Waals surface area contributed by atoms with E-state index in [0.717, 1.165) is 24.2 Å². The van der Waals surface area contributed by atoms with Gasteiger partial charge >= 0.3 is 0 Å². The van der Waals surface area contributed by atoms with Crippen LogP contribution in [0.4, 0.5) is 5.69 Å². The lowest BCUT2D eigenvalue weighted by Gasteiger charge is -2.16. The number of hydrogen-bond acceptors (Lipinski definition) is 3. The van der Waals surface area contributed by atoms with Crippen LogP contribution in [0.3, 0.4) is 0 Å². The normalized spacial score (nSPS) is 12.1. The van der Waals surface area contributed by atoms with Crippen molar-refractivity contribution in [2.24, 2.45) is 11.7 Å². The Morgan fingerprint density at radius 3 is 2.85 bits per heavy atom. The number of hydrogen-bond donors (Lipinski definition) is 2. The Bertz CT molecular complexity index is 551. The summed E-state index contributed by atoms with van der Waals surface area (Å²) in [7, 11) is 0. The molecule has 1 atom stereocenters. The smallest absolute Gasteiger partial charge is 0.228 e. The molecule has 20 heavy (non-hydrogen) atoms. The molecule has 5 nitrogen and oxygen atoms in total. The van der Waals surface area contributed by atoms with Crippen LogP contribution in [0.1, 0.15) is 19.8 Å². The van der Waals surface area contributed by atoms with Crippen LogP contribution in [-0.2, 0) is 4.79 Å². The summed E-state index contributed by atoms with van der Waals surface area (Å²) in [4.78, 5) is 12.2. The van der Waals surface area contributed by atoms with Crippen molar-refractivity contribution in [2.75, 3.05) is 11.9 Å². The van der Waals surface area contributed by atoms with Crippen molar-refractivity contribution in [2.45, 2.75) is 19.8 Å². The molecule has 1 heterocycles. The molecule has 2 aromatic rings. The van der Waals surface area contributed by atoms with Crippen LogP contribution in [0.15, 0.2) is 42.7 Å². The van der Waals surface area contributed by atoms with E-state index in [4.69, 9.17) is 5.73 Å². The van der Waals surface area contributed by atoms with Crippen molar-refractivity contribution < 1.29 is 4.79 Å². The number of para-hydroxylation sites is 2. The summed E-state index contributed by atoms with van der Waals surface area (Å²) in [5, 5.41) is 7.15. The first-order valence-electron chi connectivity index (χ1n) is 6.86. The predicted molar refractivity (Wildman–Crippen MR) is 79.6 cm³/mol. The van der Waals surface area contributed by atoms with E-state index in [9.17, 15) is 4.79 Å². The van der Waals surface area contributed by atoms with Crippen molar-refractivity contribution in [3.8, 4) is 5.69 Å². The van der Waals surface area contributed by atoms with Gasteiger partial charge in [0.15, 0.2) is 0 Å². The standard InChI is InChI=1S/C15H20N4O/c1-2-6-12(11-16)15(20)18-13-7-3-4-8-14(13)19-10-5-9-17-19/h3-5,7-10,12H,2,6,11,16H2,1H3,(H,18,20). The summed E-state index contributed by atoms with van der Waals surface area (Å²) in [5.41, 5.74) is 7.26. The Morgan fingerprint density at radius 1 is 1.40 bits per heavy atom. The Balaban J connectivity index is 2.19. The zero-order chi connectivity index (χ0) is 14.4. The van der Waals surface area contributed by atoms with Gasteiger partial charge in [-0.25, -0.2) is 4.68 Å². The molecule has 0 spiro atoms. The summed E-state index contributed by atoms with van der Waals surface area (Å²) in [6, 6.07) is 9.44. The molecular formula is C15H20N4O. The lowest BCUT2D eigenvalue weighted by molar-refractivity contribution is -0.119. The van der Waals surface area contributed by atoms with Gasteiger partial charge in [0.25, 0.3) is 0 Å². The fourth-order valence-corrected chi connectivity index (χ4v) is 2.13. The number of benzene rings is 1. The molecule has 3 N–H and O–H groups in total. The van der Waals surface area contributed by atoms with Crippen LogP contribution < -0.4 is 11.1 Å². The SMILES string of the molecule is CCCC(CN)C(=O)Nc1ccccc1-n1cccn1. The number of amides is 1. The zero-order valence-corrected chi connectivity index (χ0v) is 11.6. The number of rotatable bonds is 6. The molecule has 1 unspecified atom stereocenters. The van der Waals surface area contributed by atoms with Gasteiger partial charge in [0, 0.05) is 18.9 Å². The molecule has 5 heteroatoms. The summed E-state index contributed by atoms with van der Waals surface area (Å²) >= 11 is 0. The molecule has 0 fully saturated rings. The Morgan fingerprint density at radius 2 is 2.20 bits per heavy atom. The lowest BCUT2D eigenvalue weighted by atomic mass is 10.0. The van der Waals surface area contributed by atoms with E-state index < -0.39 is 0 Å². The van der Waals surface area contributed by atoms with E-state index in [2.05, 4.69) is 10.4 Å². The van der Waals surface area contributed by atoms with Crippen LogP contribution in [0.25, 0.3) is 5.69 Å². The van der Waals surface area contributed by atoms with Gasteiger partial charge in [0.2, 0.25) is 5.91 Å². The van der Waals surface area contributed by atoms with E-state index in [1.54, 1.807) is 10.9 Å². The molecule has 0 aliphatic carbocycles. The van der Waals surface area contributed by atoms with E-state index in [0.29, 0.717) is 6.54 Å². The van der Waals surface area contributed by atoms with Crippen LogP contribution in [0.2, 0.25) is 0 Å². The van der Waals surface area contributed by atoms with Crippen molar-refractivity contribution in [1.82, 2.24) is 9.78 Å². The lowest BCUT2D eigenvalue weighted by Crippen LogP contribution is -2.29. The molecular weight excluding hydrogens is 252 g/mol. The molecule has 1 aromatic heterocycles. The Kier molecular flexibility index (Phi) is 4.90. The van der Waals surface area contributed by atoms with Gasteiger partial charge in [-0.3, -0.25) is 4.79 Å². The van der Waals surface area contributed by atoms with Crippen LogP contribution in [-0.4, -0.2) is 22.2 Å².